The topological polar surface area (TPSA) is 68.4 Å². The first-order valence-corrected chi connectivity index (χ1v) is 6.37. The first-order valence-electron chi connectivity index (χ1n) is 6.37. The molecule has 0 N–H and O–H groups in total. The Hall–Kier alpha value is -3.08. The molecule has 0 saturated carbocycles. The summed E-state index contributed by atoms with van der Waals surface area (Å²) < 4.78 is 0. The van der Waals surface area contributed by atoms with Crippen LogP contribution in [0.15, 0.2) is 65.8 Å². The van der Waals surface area contributed by atoms with Crippen molar-refractivity contribution in [3.8, 4) is 0 Å². The summed E-state index contributed by atoms with van der Waals surface area (Å²) in [6.45, 7) is 0. The molecule has 3 rings (SSSR count). The van der Waals surface area contributed by atoms with E-state index in [0.717, 1.165) is 5.69 Å². The van der Waals surface area contributed by atoms with Crippen LogP contribution in [-0.4, -0.2) is 16.1 Å². The maximum absolute atomic E-state index is 11.1. The summed E-state index contributed by atoms with van der Waals surface area (Å²) in [5, 5.41) is 12.3. The van der Waals surface area contributed by atoms with Gasteiger partial charge in [-0.25, -0.2) is 0 Å². The molecule has 0 fully saturated rings. The highest BCUT2D eigenvalue weighted by Gasteiger charge is 2.12. The summed E-state index contributed by atoms with van der Waals surface area (Å²) in [6.07, 6.45) is 3.18. The largest absolute Gasteiger partial charge is 0.277 e. The van der Waals surface area contributed by atoms with Crippen LogP contribution >= 0.6 is 0 Å². The van der Waals surface area contributed by atoms with Crippen LogP contribution in [0.4, 0.5) is 11.4 Å². The van der Waals surface area contributed by atoms with Gasteiger partial charge in [0, 0.05) is 17.6 Å². The lowest BCUT2D eigenvalue weighted by Gasteiger charge is -2.02. The number of non-ortho nitro benzene ring substituents is 1. The van der Waals surface area contributed by atoms with Gasteiger partial charge in [0.25, 0.3) is 5.69 Å². The molecular weight excluding hydrogens is 266 g/mol. The molecule has 0 atom stereocenters. The smallest absolute Gasteiger partial charge is 0.258 e. The molecule has 0 aliphatic carbocycles. The third-order valence-electron chi connectivity index (χ3n) is 3.10. The Bertz CT molecular complexity index is 829. The van der Waals surface area contributed by atoms with Crippen molar-refractivity contribution in [3.05, 3.63) is 76.6 Å². The number of nitrogens with zero attached hydrogens (tertiary/aromatic N) is 3. The van der Waals surface area contributed by atoms with E-state index >= 15 is 0 Å². The highest BCUT2D eigenvalue weighted by molar-refractivity contribution is 6.01. The number of fused-ring (bicyclic) bond motifs is 1. The van der Waals surface area contributed by atoms with Crippen molar-refractivity contribution in [2.45, 2.75) is 0 Å². The second-order valence-electron chi connectivity index (χ2n) is 4.42. The summed E-state index contributed by atoms with van der Waals surface area (Å²) in [6, 6.07) is 16.1. The van der Waals surface area contributed by atoms with Crippen molar-refractivity contribution in [2.75, 3.05) is 0 Å². The minimum atomic E-state index is -0.388. The molecule has 1 aromatic heterocycles. The zero-order chi connectivity index (χ0) is 14.7. The highest BCUT2D eigenvalue weighted by Crippen LogP contribution is 2.26. The Morgan fingerprint density at radius 1 is 1.00 bits per heavy atom. The number of pyridine rings is 1. The van der Waals surface area contributed by atoms with Crippen LogP contribution in [0.25, 0.3) is 10.8 Å². The van der Waals surface area contributed by atoms with Crippen LogP contribution in [0, 0.1) is 10.1 Å². The van der Waals surface area contributed by atoms with Crippen LogP contribution < -0.4 is 0 Å². The van der Waals surface area contributed by atoms with Crippen molar-refractivity contribution in [1.29, 1.82) is 0 Å². The van der Waals surface area contributed by atoms with Crippen LogP contribution in [0.5, 0.6) is 0 Å². The number of benzene rings is 2. The lowest BCUT2D eigenvalue weighted by molar-refractivity contribution is -0.383. The van der Waals surface area contributed by atoms with Gasteiger partial charge >= 0.3 is 0 Å². The van der Waals surface area contributed by atoms with Gasteiger partial charge in [0.1, 0.15) is 0 Å². The SMILES string of the molecule is O=[N+]([O-])c1cccc2c(C=Nc3ccccc3)nccc12. The van der Waals surface area contributed by atoms with Crippen LogP contribution in [0.3, 0.4) is 0 Å². The Morgan fingerprint density at radius 3 is 2.57 bits per heavy atom. The Labute approximate surface area is 120 Å². The molecule has 5 nitrogen and oxygen atoms in total. The van der Waals surface area contributed by atoms with Gasteiger partial charge in [-0.15, -0.1) is 0 Å². The predicted octanol–water partition coefficient (Wildman–Crippen LogP) is 3.89. The number of rotatable bonds is 3. The summed E-state index contributed by atoms with van der Waals surface area (Å²) in [5.41, 5.74) is 1.49. The third-order valence-corrected chi connectivity index (χ3v) is 3.10. The van der Waals surface area contributed by atoms with Gasteiger partial charge in [0.2, 0.25) is 0 Å². The number of hydrogen-bond acceptors (Lipinski definition) is 4. The predicted molar refractivity (Wildman–Crippen MR) is 82.1 cm³/mol. The lowest BCUT2D eigenvalue weighted by Crippen LogP contribution is -1.93. The molecule has 2 aromatic carbocycles. The summed E-state index contributed by atoms with van der Waals surface area (Å²) in [4.78, 5) is 19.3. The Kier molecular flexibility index (Phi) is 3.39. The minimum absolute atomic E-state index is 0.0734. The van der Waals surface area contributed by atoms with Gasteiger partial charge in [0.15, 0.2) is 0 Å². The van der Waals surface area contributed by atoms with Gasteiger partial charge in [-0.05, 0) is 18.2 Å². The fourth-order valence-corrected chi connectivity index (χ4v) is 2.13. The Morgan fingerprint density at radius 2 is 1.81 bits per heavy atom. The molecular formula is C16H11N3O2. The van der Waals surface area contributed by atoms with Crippen molar-refractivity contribution >= 4 is 28.4 Å². The summed E-state index contributed by atoms with van der Waals surface area (Å²) in [7, 11) is 0. The van der Waals surface area contributed by atoms with Crippen molar-refractivity contribution in [1.82, 2.24) is 4.98 Å². The quantitative estimate of drug-likeness (QED) is 0.414. The van der Waals surface area contributed by atoms with E-state index < -0.39 is 0 Å². The fraction of sp³-hybridized carbons (Fsp3) is 0. The molecule has 0 radical (unpaired) electrons. The molecule has 21 heavy (non-hydrogen) atoms. The third kappa shape index (κ3) is 2.62. The molecule has 0 unspecified atom stereocenters. The van der Waals surface area contributed by atoms with Gasteiger partial charge in [-0.1, -0.05) is 30.3 Å². The maximum atomic E-state index is 11.1. The number of para-hydroxylation sites is 1. The van der Waals surface area contributed by atoms with E-state index in [0.29, 0.717) is 16.5 Å². The number of hydrogen-bond donors (Lipinski definition) is 0. The normalized spacial score (nSPS) is 11.0. The minimum Gasteiger partial charge on any atom is -0.258 e. The van der Waals surface area contributed by atoms with Crippen molar-refractivity contribution < 1.29 is 4.92 Å². The van der Waals surface area contributed by atoms with E-state index in [2.05, 4.69) is 9.98 Å². The fourth-order valence-electron chi connectivity index (χ4n) is 2.13. The number of nitro benzene ring substituents is 1. The van der Waals surface area contributed by atoms with E-state index in [4.69, 9.17) is 0 Å². The summed E-state index contributed by atoms with van der Waals surface area (Å²) >= 11 is 0. The number of aliphatic imine (C=N–C) groups is 1. The van der Waals surface area contributed by atoms with Crippen LogP contribution in [0.2, 0.25) is 0 Å². The highest BCUT2D eigenvalue weighted by atomic mass is 16.6. The van der Waals surface area contributed by atoms with E-state index in [1.807, 2.05) is 36.4 Å². The summed E-state index contributed by atoms with van der Waals surface area (Å²) in [5.74, 6) is 0. The second kappa shape index (κ2) is 5.50. The van der Waals surface area contributed by atoms with Gasteiger partial charge in [-0.2, -0.15) is 0 Å². The average Bonchev–Trinajstić information content (AvgIpc) is 2.53. The molecule has 3 aromatic rings. The number of nitro groups is 1. The molecule has 5 heteroatoms. The molecule has 1 heterocycles. The Balaban J connectivity index is 2.10. The first kappa shape index (κ1) is 12.9. The molecule has 0 spiro atoms. The average molecular weight is 277 g/mol. The first-order chi connectivity index (χ1) is 10.3. The van der Waals surface area contributed by atoms with Gasteiger partial charge < -0.3 is 0 Å². The number of aromatic nitrogens is 1. The van der Waals surface area contributed by atoms with E-state index in [9.17, 15) is 10.1 Å². The molecule has 0 aliphatic rings. The van der Waals surface area contributed by atoms with E-state index in [1.54, 1.807) is 24.5 Å². The van der Waals surface area contributed by atoms with Crippen molar-refractivity contribution in [3.63, 3.8) is 0 Å². The maximum Gasteiger partial charge on any atom is 0.277 e. The molecule has 0 aliphatic heterocycles. The second-order valence-corrected chi connectivity index (χ2v) is 4.42. The molecule has 0 saturated heterocycles. The van der Waals surface area contributed by atoms with Crippen LogP contribution in [-0.2, 0) is 0 Å². The molecule has 0 amide bonds. The van der Waals surface area contributed by atoms with E-state index in [1.165, 1.54) is 6.07 Å². The molecule has 102 valence electrons. The lowest BCUT2D eigenvalue weighted by atomic mass is 10.1. The van der Waals surface area contributed by atoms with E-state index in [-0.39, 0.29) is 10.6 Å². The van der Waals surface area contributed by atoms with Crippen LogP contribution in [0.1, 0.15) is 5.69 Å². The standard InChI is InChI=1S/C16H11N3O2/c20-19(21)16-8-4-7-13-14(16)9-10-17-15(13)11-18-12-5-2-1-3-6-12/h1-11H. The monoisotopic (exact) mass is 277 g/mol. The zero-order valence-electron chi connectivity index (χ0n) is 11.0. The van der Waals surface area contributed by atoms with Crippen molar-refractivity contribution in [2.24, 2.45) is 4.99 Å². The van der Waals surface area contributed by atoms with Gasteiger partial charge in [-0.3, -0.25) is 20.1 Å². The van der Waals surface area contributed by atoms with Gasteiger partial charge in [0.05, 0.1) is 27.9 Å². The zero-order valence-corrected chi connectivity index (χ0v) is 11.0. The molecule has 0 bridgehead atoms.